The summed E-state index contributed by atoms with van der Waals surface area (Å²) >= 11 is 0. The Bertz CT molecular complexity index is 1550. The van der Waals surface area contributed by atoms with Gasteiger partial charge in [0.25, 0.3) is 5.91 Å². The first-order chi connectivity index (χ1) is 23.9. The molecule has 0 saturated carbocycles. The van der Waals surface area contributed by atoms with E-state index < -0.39 is 51.7 Å². The number of aryl methyl sites for hydroxylation is 1. The van der Waals surface area contributed by atoms with Crippen molar-refractivity contribution in [1.82, 2.24) is 14.1 Å². The van der Waals surface area contributed by atoms with Crippen LogP contribution >= 0.6 is 0 Å². The van der Waals surface area contributed by atoms with Crippen LogP contribution in [0, 0.1) is 35.7 Å². The molecule has 0 bridgehead atoms. The predicted molar refractivity (Wildman–Crippen MR) is 188 cm³/mol. The lowest BCUT2D eigenvalue weighted by atomic mass is 9.80. The fourth-order valence-corrected chi connectivity index (χ4v) is 7.13. The summed E-state index contributed by atoms with van der Waals surface area (Å²) in [5.41, 5.74) is -1.69. The summed E-state index contributed by atoms with van der Waals surface area (Å²) in [7, 11) is -1.67. The van der Waals surface area contributed by atoms with E-state index in [1.807, 2.05) is 33.8 Å². The number of nitrogens with zero attached hydrogens (tertiary/aromatic N) is 4. The van der Waals surface area contributed by atoms with Crippen molar-refractivity contribution in [3.8, 4) is 6.07 Å². The maximum absolute atomic E-state index is 14.9. The quantitative estimate of drug-likeness (QED) is 0.192. The van der Waals surface area contributed by atoms with Gasteiger partial charge in [0.1, 0.15) is 28.9 Å². The van der Waals surface area contributed by atoms with E-state index >= 15 is 0 Å². The van der Waals surface area contributed by atoms with Crippen molar-refractivity contribution in [2.24, 2.45) is 0 Å². The maximum atomic E-state index is 14.9. The summed E-state index contributed by atoms with van der Waals surface area (Å²) in [5, 5.41) is 23.0. The van der Waals surface area contributed by atoms with Crippen LogP contribution in [0.4, 0.5) is 24.5 Å². The molecule has 0 spiro atoms. The van der Waals surface area contributed by atoms with Gasteiger partial charge >= 0.3 is 0 Å². The smallest absolute Gasteiger partial charge is 0.256 e. The number of nitriles is 1. The summed E-state index contributed by atoms with van der Waals surface area (Å²) in [6.07, 6.45) is 3.06. The van der Waals surface area contributed by atoms with Crippen LogP contribution in [0.5, 0.6) is 0 Å². The van der Waals surface area contributed by atoms with Gasteiger partial charge in [0.15, 0.2) is 11.6 Å². The second kappa shape index (κ2) is 20.0. The number of halogens is 3. The van der Waals surface area contributed by atoms with E-state index in [-0.39, 0.29) is 61.3 Å². The maximum Gasteiger partial charge on any atom is 0.256 e. The van der Waals surface area contributed by atoms with E-state index in [4.69, 9.17) is 5.26 Å². The number of anilines is 2. The van der Waals surface area contributed by atoms with Crippen molar-refractivity contribution >= 4 is 40.1 Å². The molecule has 2 aliphatic heterocycles. The summed E-state index contributed by atoms with van der Waals surface area (Å²) in [5.74, 6) is -4.41. The second-order valence-corrected chi connectivity index (χ2v) is 13.2. The van der Waals surface area contributed by atoms with Gasteiger partial charge in [-0.05, 0) is 68.9 Å². The van der Waals surface area contributed by atoms with Gasteiger partial charge in [0.05, 0.1) is 42.1 Å². The monoisotopic (exact) mass is 721 g/mol. The summed E-state index contributed by atoms with van der Waals surface area (Å²) < 4.78 is 57.1. The topological polar surface area (TPSA) is 134 Å². The first-order valence-corrected chi connectivity index (χ1v) is 18.6. The molecule has 2 N–H and O–H groups in total. The number of aliphatic hydroxyl groups is 1. The highest BCUT2D eigenvalue weighted by Crippen LogP contribution is 2.37. The molecule has 2 unspecified atom stereocenters. The van der Waals surface area contributed by atoms with Gasteiger partial charge in [0, 0.05) is 25.1 Å². The number of hydrogen-bond acceptors (Lipinski definition) is 7. The number of carbonyl (C=O) groups is 3. The van der Waals surface area contributed by atoms with Crippen LogP contribution < -0.4 is 5.32 Å². The highest BCUT2D eigenvalue weighted by Gasteiger charge is 2.53. The Morgan fingerprint density at radius 1 is 1.06 bits per heavy atom. The number of nitrogens with one attached hydrogen (secondary N) is 1. The van der Waals surface area contributed by atoms with Gasteiger partial charge in [-0.2, -0.15) is 5.26 Å². The number of piperidine rings is 1. The van der Waals surface area contributed by atoms with Crippen LogP contribution in [0.2, 0.25) is 0 Å². The van der Waals surface area contributed by atoms with Crippen LogP contribution in [0.1, 0.15) is 95.5 Å². The lowest BCUT2D eigenvalue weighted by Crippen LogP contribution is -2.73. The number of likely N-dealkylation sites (tertiary alicyclic amines) is 2. The fourth-order valence-electron chi connectivity index (χ4n) is 5.91. The Morgan fingerprint density at radius 3 is 2.36 bits per heavy atom. The lowest BCUT2D eigenvalue weighted by molar-refractivity contribution is -0.161. The van der Waals surface area contributed by atoms with Gasteiger partial charge in [-0.15, -0.1) is 0 Å². The van der Waals surface area contributed by atoms with Crippen molar-refractivity contribution in [1.29, 1.82) is 5.26 Å². The molecule has 3 amide bonds. The molecule has 0 aliphatic carbocycles. The molecule has 0 aromatic heterocycles. The number of rotatable bonds is 12. The molecule has 2 heterocycles. The first-order valence-electron chi connectivity index (χ1n) is 17.3. The minimum atomic E-state index is -1.67. The molecule has 2 aromatic rings. The summed E-state index contributed by atoms with van der Waals surface area (Å²) in [4.78, 5) is 41.6. The van der Waals surface area contributed by atoms with Crippen molar-refractivity contribution in [2.75, 3.05) is 37.2 Å². The Morgan fingerprint density at radius 2 is 1.74 bits per heavy atom. The molecule has 0 radical (unpaired) electrons. The number of amides is 3. The molecular weight excluding hydrogens is 671 g/mol. The van der Waals surface area contributed by atoms with Crippen LogP contribution in [0.3, 0.4) is 0 Å². The van der Waals surface area contributed by atoms with Crippen LogP contribution in [-0.2, 0) is 20.6 Å². The number of benzene rings is 2. The Hall–Kier alpha value is -3.96. The first kappa shape index (κ1) is 42.2. The van der Waals surface area contributed by atoms with E-state index in [0.29, 0.717) is 31.4 Å². The molecule has 2 saturated heterocycles. The zero-order valence-corrected chi connectivity index (χ0v) is 30.7. The average Bonchev–Trinajstić information content (AvgIpc) is 3.11. The number of hydrogen-bond donors (Lipinski definition) is 2. The Kier molecular flexibility index (Phi) is 16.9. The van der Waals surface area contributed by atoms with E-state index in [2.05, 4.69) is 5.32 Å². The van der Waals surface area contributed by atoms with Crippen molar-refractivity contribution in [2.45, 2.75) is 98.1 Å². The minimum absolute atomic E-state index is 0.125. The lowest BCUT2D eigenvalue weighted by Gasteiger charge is -2.54. The van der Waals surface area contributed by atoms with E-state index in [9.17, 15) is 36.9 Å². The van der Waals surface area contributed by atoms with Crippen LogP contribution in [0.15, 0.2) is 30.3 Å². The standard InChI is InChI=1S/C32H38F3N5O5S.2C2H6/c1-3-27(41)40(16-14-36)46(45)17-7-5-9-28(42)39-15-6-4-8-26(39)32(44)19-38(20-32)31(43)22-11-12-23(33)29(35)30(22)37-25-13-10-21(2)18-24(25)34;2*1-2/h10-13,18,26,37,44H,3-9,15-17,19-20H2,1-2H3;2*1-2H3. The molecule has 4 rings (SSSR count). The Balaban J connectivity index is 0.00000209. The number of β-amino-alcohol motifs (C(OH)–C–C–N with tert-alkyl or cyclic N) is 1. The Labute approximate surface area is 296 Å². The molecule has 276 valence electrons. The third-order valence-corrected chi connectivity index (χ3v) is 9.83. The van der Waals surface area contributed by atoms with E-state index in [1.54, 1.807) is 24.8 Å². The third-order valence-electron chi connectivity index (χ3n) is 8.37. The molecule has 14 heteroatoms. The third kappa shape index (κ3) is 10.3. The number of unbranched alkanes of at least 4 members (excludes halogenated alkanes) is 1. The normalized spacial score (nSPS) is 16.7. The van der Waals surface area contributed by atoms with E-state index in [1.165, 1.54) is 17.0 Å². The van der Waals surface area contributed by atoms with Gasteiger partial charge in [-0.25, -0.2) is 21.7 Å². The zero-order valence-electron chi connectivity index (χ0n) is 29.9. The van der Waals surface area contributed by atoms with Gasteiger partial charge < -0.3 is 20.2 Å². The van der Waals surface area contributed by atoms with Gasteiger partial charge in [-0.3, -0.25) is 14.4 Å². The molecule has 2 atom stereocenters. The highest BCUT2D eigenvalue weighted by molar-refractivity contribution is 7.83. The summed E-state index contributed by atoms with van der Waals surface area (Å²) in [6.45, 7) is 11.2. The predicted octanol–water partition coefficient (Wildman–Crippen LogP) is 6.37. The molecule has 2 fully saturated rings. The fraction of sp³-hybridized carbons (Fsp3) is 0.556. The van der Waals surface area contributed by atoms with Crippen LogP contribution in [-0.4, -0.2) is 84.7 Å². The molecule has 10 nitrogen and oxygen atoms in total. The van der Waals surface area contributed by atoms with Crippen molar-refractivity contribution < 1.29 is 36.9 Å². The molecular formula is C36H50F3N5O5S. The molecule has 50 heavy (non-hydrogen) atoms. The van der Waals surface area contributed by atoms with Crippen molar-refractivity contribution in [3.63, 3.8) is 0 Å². The highest BCUT2D eigenvalue weighted by atomic mass is 32.2. The minimum Gasteiger partial charge on any atom is -0.384 e. The summed E-state index contributed by atoms with van der Waals surface area (Å²) in [6, 6.07) is 7.35. The van der Waals surface area contributed by atoms with Gasteiger partial charge in [-0.1, -0.05) is 40.7 Å². The second-order valence-electron chi connectivity index (χ2n) is 11.7. The molecule has 2 aliphatic rings. The van der Waals surface area contributed by atoms with Crippen molar-refractivity contribution in [3.05, 3.63) is 58.9 Å². The zero-order chi connectivity index (χ0) is 37.6. The number of carbonyl (C=O) groups excluding carboxylic acids is 3. The van der Waals surface area contributed by atoms with Gasteiger partial charge in [0.2, 0.25) is 11.8 Å². The SMILES string of the molecule is CC.CC.CCC(=O)N(CC#N)S(=O)CCCCC(=O)N1CCCCC1C1(O)CN(C(=O)c2ccc(F)c(F)c2Nc2ccc(C)cc2F)C1. The largest absolute Gasteiger partial charge is 0.384 e. The molecule has 2 aromatic carbocycles. The average molecular weight is 722 g/mol. The van der Waals surface area contributed by atoms with Crippen LogP contribution in [0.25, 0.3) is 0 Å². The van der Waals surface area contributed by atoms with E-state index in [0.717, 1.165) is 29.3 Å².